The summed E-state index contributed by atoms with van der Waals surface area (Å²) < 4.78 is 26.0. The fourth-order valence-corrected chi connectivity index (χ4v) is 1.95. The van der Waals surface area contributed by atoms with Crippen LogP contribution in [0.5, 0.6) is 0 Å². The molecule has 0 unspecified atom stereocenters. The minimum absolute atomic E-state index is 0.0412. The maximum atomic E-state index is 13.0. The molecule has 0 radical (unpaired) electrons. The SMILES string of the molecule is O=C(c1cc(F)cc(F)c1)N(CCCl)C1CC1. The first-order valence-corrected chi connectivity index (χ1v) is 5.98. The van der Waals surface area contributed by atoms with Crippen LogP contribution in [0, 0.1) is 11.6 Å². The zero-order valence-corrected chi connectivity index (χ0v) is 9.88. The molecule has 5 heteroatoms. The van der Waals surface area contributed by atoms with Gasteiger partial charge >= 0.3 is 0 Å². The molecule has 1 aliphatic carbocycles. The van der Waals surface area contributed by atoms with Gasteiger partial charge in [0.15, 0.2) is 0 Å². The van der Waals surface area contributed by atoms with Gasteiger partial charge in [-0.25, -0.2) is 8.78 Å². The summed E-state index contributed by atoms with van der Waals surface area (Å²) in [4.78, 5) is 13.6. The highest BCUT2D eigenvalue weighted by Crippen LogP contribution is 2.28. The van der Waals surface area contributed by atoms with E-state index in [2.05, 4.69) is 0 Å². The highest BCUT2D eigenvalue weighted by molar-refractivity contribution is 6.18. The fourth-order valence-electron chi connectivity index (χ4n) is 1.77. The molecule has 0 spiro atoms. The average molecular weight is 260 g/mol. The lowest BCUT2D eigenvalue weighted by atomic mass is 10.2. The van der Waals surface area contributed by atoms with Crippen molar-refractivity contribution in [2.24, 2.45) is 0 Å². The van der Waals surface area contributed by atoms with E-state index in [1.165, 1.54) is 0 Å². The molecule has 2 rings (SSSR count). The van der Waals surface area contributed by atoms with Gasteiger partial charge in [0.1, 0.15) is 11.6 Å². The van der Waals surface area contributed by atoms with Crippen LogP contribution in [0.3, 0.4) is 0 Å². The minimum Gasteiger partial charge on any atom is -0.334 e. The molecule has 1 fully saturated rings. The van der Waals surface area contributed by atoms with E-state index in [1.54, 1.807) is 4.90 Å². The third kappa shape index (κ3) is 2.94. The highest BCUT2D eigenvalue weighted by Gasteiger charge is 2.32. The van der Waals surface area contributed by atoms with Gasteiger partial charge in [-0.2, -0.15) is 0 Å². The van der Waals surface area contributed by atoms with Crippen molar-refractivity contribution in [1.29, 1.82) is 0 Å². The molecule has 0 aliphatic heterocycles. The molecule has 0 N–H and O–H groups in total. The van der Waals surface area contributed by atoms with E-state index in [0.717, 1.165) is 31.0 Å². The van der Waals surface area contributed by atoms with Crippen LogP contribution in [0.1, 0.15) is 23.2 Å². The third-order valence-corrected chi connectivity index (χ3v) is 2.85. The van der Waals surface area contributed by atoms with Crippen molar-refractivity contribution in [3.8, 4) is 0 Å². The van der Waals surface area contributed by atoms with Crippen molar-refractivity contribution in [3.63, 3.8) is 0 Å². The third-order valence-electron chi connectivity index (χ3n) is 2.68. The van der Waals surface area contributed by atoms with Gasteiger partial charge in [-0.3, -0.25) is 4.79 Å². The van der Waals surface area contributed by atoms with Crippen molar-refractivity contribution in [2.45, 2.75) is 18.9 Å². The van der Waals surface area contributed by atoms with Crippen LogP contribution in [0.25, 0.3) is 0 Å². The number of nitrogens with zero attached hydrogens (tertiary/aromatic N) is 1. The first-order valence-electron chi connectivity index (χ1n) is 5.45. The van der Waals surface area contributed by atoms with Gasteiger partial charge in [0, 0.05) is 30.1 Å². The Morgan fingerprint density at radius 3 is 2.35 bits per heavy atom. The Hall–Kier alpha value is -1.16. The quantitative estimate of drug-likeness (QED) is 0.762. The number of hydrogen-bond donors (Lipinski definition) is 0. The van der Waals surface area contributed by atoms with Crippen LogP contribution >= 0.6 is 11.6 Å². The van der Waals surface area contributed by atoms with E-state index in [-0.39, 0.29) is 17.5 Å². The largest absolute Gasteiger partial charge is 0.334 e. The van der Waals surface area contributed by atoms with Crippen molar-refractivity contribution in [2.75, 3.05) is 12.4 Å². The number of rotatable bonds is 4. The number of halogens is 3. The smallest absolute Gasteiger partial charge is 0.254 e. The second-order valence-corrected chi connectivity index (χ2v) is 4.45. The molecular formula is C12H12ClF2NO. The second kappa shape index (κ2) is 5.00. The van der Waals surface area contributed by atoms with Gasteiger partial charge in [0.05, 0.1) is 0 Å². The Kier molecular flexibility index (Phi) is 3.62. The monoisotopic (exact) mass is 259 g/mol. The summed E-state index contributed by atoms with van der Waals surface area (Å²) in [6.45, 7) is 0.406. The Morgan fingerprint density at radius 1 is 1.29 bits per heavy atom. The lowest BCUT2D eigenvalue weighted by Gasteiger charge is -2.21. The van der Waals surface area contributed by atoms with E-state index >= 15 is 0 Å². The molecule has 0 bridgehead atoms. The molecule has 0 heterocycles. The number of amides is 1. The Balaban J connectivity index is 2.21. The lowest BCUT2D eigenvalue weighted by Crippen LogP contribution is -2.34. The maximum absolute atomic E-state index is 13.0. The molecule has 0 saturated heterocycles. The van der Waals surface area contributed by atoms with Gasteiger partial charge in [0.2, 0.25) is 0 Å². The summed E-state index contributed by atoms with van der Waals surface area (Å²) in [6.07, 6.45) is 1.86. The summed E-state index contributed by atoms with van der Waals surface area (Å²) in [7, 11) is 0. The Labute approximate surface area is 103 Å². The fraction of sp³-hybridized carbons (Fsp3) is 0.417. The summed E-state index contributed by atoms with van der Waals surface area (Å²) >= 11 is 5.62. The van der Waals surface area contributed by atoms with Crippen molar-refractivity contribution < 1.29 is 13.6 Å². The minimum atomic E-state index is -0.741. The first kappa shape index (κ1) is 12.3. The van der Waals surface area contributed by atoms with Crippen LogP contribution in [0.4, 0.5) is 8.78 Å². The zero-order chi connectivity index (χ0) is 12.4. The van der Waals surface area contributed by atoms with E-state index < -0.39 is 11.6 Å². The molecule has 1 aliphatic rings. The van der Waals surface area contributed by atoms with Crippen LogP contribution < -0.4 is 0 Å². The maximum Gasteiger partial charge on any atom is 0.254 e. The molecule has 1 saturated carbocycles. The summed E-state index contributed by atoms with van der Waals surface area (Å²) in [5, 5.41) is 0. The topological polar surface area (TPSA) is 20.3 Å². The summed E-state index contributed by atoms with van der Waals surface area (Å²) in [5.41, 5.74) is 0.0412. The van der Waals surface area contributed by atoms with Crippen LogP contribution in [-0.4, -0.2) is 29.3 Å². The van der Waals surface area contributed by atoms with Crippen molar-refractivity contribution in [1.82, 2.24) is 4.90 Å². The normalized spacial score (nSPS) is 14.8. The molecule has 1 aromatic carbocycles. The van der Waals surface area contributed by atoms with E-state index in [0.29, 0.717) is 12.4 Å². The predicted octanol–water partition coefficient (Wildman–Crippen LogP) is 2.81. The molecule has 92 valence electrons. The Morgan fingerprint density at radius 2 is 1.88 bits per heavy atom. The number of alkyl halides is 1. The van der Waals surface area contributed by atoms with Gasteiger partial charge in [-0.1, -0.05) is 0 Å². The lowest BCUT2D eigenvalue weighted by molar-refractivity contribution is 0.0752. The van der Waals surface area contributed by atoms with Crippen molar-refractivity contribution in [3.05, 3.63) is 35.4 Å². The highest BCUT2D eigenvalue weighted by atomic mass is 35.5. The van der Waals surface area contributed by atoms with Crippen LogP contribution in [0.2, 0.25) is 0 Å². The van der Waals surface area contributed by atoms with E-state index in [4.69, 9.17) is 11.6 Å². The Bertz CT molecular complexity index is 414. The average Bonchev–Trinajstić information content (AvgIpc) is 3.07. The molecular weight excluding hydrogens is 248 g/mol. The van der Waals surface area contributed by atoms with Gasteiger partial charge in [-0.15, -0.1) is 11.6 Å². The number of carbonyl (C=O) groups excluding carboxylic acids is 1. The van der Waals surface area contributed by atoms with Gasteiger partial charge in [0.25, 0.3) is 5.91 Å². The number of benzene rings is 1. The molecule has 1 amide bonds. The molecule has 1 aromatic rings. The molecule has 2 nitrogen and oxygen atoms in total. The predicted molar refractivity (Wildman–Crippen MR) is 61.1 cm³/mol. The molecule has 0 atom stereocenters. The number of hydrogen-bond acceptors (Lipinski definition) is 1. The zero-order valence-electron chi connectivity index (χ0n) is 9.13. The number of carbonyl (C=O) groups is 1. The second-order valence-electron chi connectivity index (χ2n) is 4.08. The van der Waals surface area contributed by atoms with Crippen molar-refractivity contribution >= 4 is 17.5 Å². The summed E-state index contributed by atoms with van der Waals surface area (Å²) in [6, 6.07) is 3.02. The van der Waals surface area contributed by atoms with Gasteiger partial charge in [-0.05, 0) is 25.0 Å². The van der Waals surface area contributed by atoms with E-state index in [9.17, 15) is 13.6 Å². The first-order chi connectivity index (χ1) is 8.11. The molecule has 0 aromatic heterocycles. The standard InChI is InChI=1S/C12H12ClF2NO/c13-3-4-16(11-1-2-11)12(17)8-5-9(14)7-10(15)6-8/h5-7,11H,1-4H2. The van der Waals surface area contributed by atoms with Gasteiger partial charge < -0.3 is 4.90 Å². The van der Waals surface area contributed by atoms with E-state index in [1.807, 2.05) is 0 Å². The molecule has 17 heavy (non-hydrogen) atoms. The van der Waals surface area contributed by atoms with Crippen LogP contribution in [0.15, 0.2) is 18.2 Å². The van der Waals surface area contributed by atoms with Crippen LogP contribution in [-0.2, 0) is 0 Å². The summed E-state index contributed by atoms with van der Waals surface area (Å²) in [5.74, 6) is -1.52.